The summed E-state index contributed by atoms with van der Waals surface area (Å²) >= 11 is 1.40. The lowest BCUT2D eigenvalue weighted by molar-refractivity contribution is -0.138. The number of hydrogen-bond acceptors (Lipinski definition) is 6. The van der Waals surface area contributed by atoms with Gasteiger partial charge in [-0.25, -0.2) is 0 Å². The lowest BCUT2D eigenvalue weighted by atomic mass is 10.0. The first-order valence-corrected chi connectivity index (χ1v) is 13.1. The molecule has 0 bridgehead atoms. The Kier molecular flexibility index (Phi) is 11.6. The number of imide groups is 1. The molecule has 0 saturated carbocycles. The van der Waals surface area contributed by atoms with Crippen LogP contribution in [0.1, 0.15) is 52.9 Å². The van der Waals surface area contributed by atoms with E-state index in [1.165, 1.54) is 16.7 Å². The number of likely N-dealkylation sites (tertiary alicyclic amines) is 1. The van der Waals surface area contributed by atoms with E-state index in [4.69, 9.17) is 0 Å². The summed E-state index contributed by atoms with van der Waals surface area (Å²) in [6.07, 6.45) is 4.31. The van der Waals surface area contributed by atoms with Gasteiger partial charge in [0.2, 0.25) is 23.6 Å². The molecule has 1 saturated heterocycles. The van der Waals surface area contributed by atoms with Crippen LogP contribution in [0.4, 0.5) is 0 Å². The van der Waals surface area contributed by atoms with Crippen molar-refractivity contribution in [3.05, 3.63) is 0 Å². The van der Waals surface area contributed by atoms with Gasteiger partial charge in [0, 0.05) is 19.4 Å². The molecule has 4 atom stereocenters. The van der Waals surface area contributed by atoms with E-state index in [0.29, 0.717) is 25.8 Å². The fourth-order valence-corrected chi connectivity index (χ4v) is 4.31. The first kappa shape index (κ1) is 26.6. The van der Waals surface area contributed by atoms with Gasteiger partial charge < -0.3 is 10.6 Å². The fourth-order valence-electron chi connectivity index (χ4n) is 3.17. The molecule has 30 heavy (non-hydrogen) atoms. The Labute approximate surface area is 185 Å². The molecule has 1 aliphatic heterocycles. The summed E-state index contributed by atoms with van der Waals surface area (Å²) < 4.78 is 0. The van der Waals surface area contributed by atoms with Crippen LogP contribution in [0.2, 0.25) is 0 Å². The average Bonchev–Trinajstić information content (AvgIpc) is 2.97. The Morgan fingerprint density at radius 3 is 2.37 bits per heavy atom. The largest absolute Gasteiger partial charge is 0.344 e. The summed E-state index contributed by atoms with van der Waals surface area (Å²) in [5, 5.41) is 5.17. The van der Waals surface area contributed by atoms with Crippen LogP contribution < -0.4 is 10.6 Å². The van der Waals surface area contributed by atoms with Crippen molar-refractivity contribution >= 4 is 56.9 Å². The van der Waals surface area contributed by atoms with Crippen molar-refractivity contribution in [3.63, 3.8) is 0 Å². The SMILES string of the molecule is BPC(=O)C(C)NC(=O)[C@@H](NC(=O)CCCCCN1C(=O)CC(SC)C1=O)C(C)C. The van der Waals surface area contributed by atoms with Crippen molar-refractivity contribution in [1.82, 2.24) is 15.5 Å². The van der Waals surface area contributed by atoms with E-state index in [1.54, 1.807) is 14.5 Å². The average molecular weight is 457 g/mol. The van der Waals surface area contributed by atoms with Crippen LogP contribution in [-0.4, -0.2) is 71.8 Å². The van der Waals surface area contributed by atoms with Crippen LogP contribution in [0.25, 0.3) is 0 Å². The van der Waals surface area contributed by atoms with Gasteiger partial charge in [-0.2, -0.15) is 11.8 Å². The van der Waals surface area contributed by atoms with Crippen molar-refractivity contribution in [2.45, 2.75) is 70.2 Å². The van der Waals surface area contributed by atoms with Crippen LogP contribution >= 0.6 is 20.2 Å². The summed E-state index contributed by atoms with van der Waals surface area (Å²) in [5.41, 5.74) is -0.0315. The summed E-state index contributed by atoms with van der Waals surface area (Å²) in [5.74, 6) is -0.939. The van der Waals surface area contributed by atoms with Gasteiger partial charge in [-0.1, -0.05) is 28.7 Å². The number of nitrogens with one attached hydrogen (secondary N) is 2. The zero-order valence-corrected chi connectivity index (χ0v) is 20.3. The summed E-state index contributed by atoms with van der Waals surface area (Å²) in [6, 6.07) is -1.27. The molecule has 11 heteroatoms. The molecule has 3 unspecified atom stereocenters. The third-order valence-corrected chi connectivity index (χ3v) is 6.90. The first-order chi connectivity index (χ1) is 14.1. The zero-order chi connectivity index (χ0) is 22.8. The van der Waals surface area contributed by atoms with Crippen molar-refractivity contribution < 1.29 is 24.0 Å². The maximum absolute atomic E-state index is 12.4. The minimum absolute atomic E-state index is 0.0315. The molecular weight excluding hydrogens is 424 g/mol. The number of carbonyl (C=O) groups excluding carboxylic acids is 5. The predicted molar refractivity (Wildman–Crippen MR) is 123 cm³/mol. The van der Waals surface area contributed by atoms with Gasteiger partial charge in [0.15, 0.2) is 5.52 Å². The number of rotatable bonds is 13. The highest BCUT2D eigenvalue weighted by molar-refractivity contribution is 8.00. The van der Waals surface area contributed by atoms with Gasteiger partial charge in [-0.15, -0.1) is 0 Å². The van der Waals surface area contributed by atoms with E-state index in [2.05, 4.69) is 10.6 Å². The van der Waals surface area contributed by atoms with Crippen LogP contribution in [0.15, 0.2) is 0 Å². The van der Waals surface area contributed by atoms with Crippen molar-refractivity contribution in [2.24, 2.45) is 5.92 Å². The minimum Gasteiger partial charge on any atom is -0.344 e. The fraction of sp³-hybridized carbons (Fsp3) is 0.737. The normalized spacial score (nSPS) is 18.8. The Morgan fingerprint density at radius 2 is 1.83 bits per heavy atom. The van der Waals surface area contributed by atoms with E-state index in [9.17, 15) is 24.0 Å². The van der Waals surface area contributed by atoms with Gasteiger partial charge in [-0.05, 0) is 31.9 Å². The number of amides is 4. The lowest BCUT2D eigenvalue weighted by Crippen LogP contribution is -2.52. The van der Waals surface area contributed by atoms with E-state index in [-0.39, 0.29) is 61.6 Å². The molecule has 0 aromatic rings. The Morgan fingerprint density at radius 1 is 1.17 bits per heavy atom. The molecule has 0 aromatic heterocycles. The molecule has 1 heterocycles. The second kappa shape index (κ2) is 13.1. The highest BCUT2D eigenvalue weighted by atomic mass is 32.2. The predicted octanol–water partition coefficient (Wildman–Crippen LogP) is 0.436. The van der Waals surface area contributed by atoms with Crippen LogP contribution in [0, 0.1) is 5.92 Å². The summed E-state index contributed by atoms with van der Waals surface area (Å²) in [7, 11) is 1.87. The van der Waals surface area contributed by atoms with Crippen molar-refractivity contribution in [1.29, 1.82) is 0 Å². The molecule has 2 N–H and O–H groups in total. The molecule has 1 fully saturated rings. The number of carbonyl (C=O) groups is 5. The number of unbranched alkanes of at least 4 members (excludes halogenated alkanes) is 2. The molecule has 1 rings (SSSR count). The van der Waals surface area contributed by atoms with Gasteiger partial charge in [0.05, 0.1) is 11.3 Å². The smallest absolute Gasteiger partial charge is 0.243 e. The van der Waals surface area contributed by atoms with Gasteiger partial charge in [0.25, 0.3) is 0 Å². The number of thioether (sulfide) groups is 1. The molecule has 0 aromatic carbocycles. The van der Waals surface area contributed by atoms with Gasteiger partial charge in [-0.3, -0.25) is 28.9 Å². The van der Waals surface area contributed by atoms with E-state index in [0.717, 1.165) is 0 Å². The third-order valence-electron chi connectivity index (χ3n) is 5.04. The third kappa shape index (κ3) is 8.02. The van der Waals surface area contributed by atoms with E-state index >= 15 is 0 Å². The summed E-state index contributed by atoms with van der Waals surface area (Å²) in [4.78, 5) is 61.7. The molecule has 0 radical (unpaired) electrons. The minimum atomic E-state index is -0.698. The number of nitrogens with zero attached hydrogens (tertiary/aromatic N) is 1. The van der Waals surface area contributed by atoms with E-state index < -0.39 is 12.1 Å². The topological polar surface area (TPSA) is 113 Å². The van der Waals surface area contributed by atoms with Crippen molar-refractivity contribution in [2.75, 3.05) is 12.8 Å². The number of hydrogen-bond donors (Lipinski definition) is 2. The Bertz CT molecular complexity index is 664. The highest BCUT2D eigenvalue weighted by Gasteiger charge is 2.37. The van der Waals surface area contributed by atoms with E-state index in [1.807, 2.05) is 20.1 Å². The van der Waals surface area contributed by atoms with Gasteiger partial charge in [0.1, 0.15) is 13.6 Å². The van der Waals surface area contributed by atoms with Crippen molar-refractivity contribution in [3.8, 4) is 0 Å². The van der Waals surface area contributed by atoms with Crippen LogP contribution in [0.3, 0.4) is 0 Å². The Balaban J connectivity index is 2.37. The molecule has 1 aliphatic rings. The Hall–Kier alpha value is -1.41. The lowest BCUT2D eigenvalue weighted by Gasteiger charge is -2.23. The molecule has 168 valence electrons. The standard InChI is InChI=1S/C19H33BN3O5PS/c1-11(2)16(17(26)21-12(3)19(28)29-20)22-14(24)8-6-5-7-9-23-15(25)10-13(30-4)18(23)27/h11-13,16,29H,5-10,20H2,1-4H3,(H,21,26)(H,22,24)/t12?,13?,16-/m0/s1. The van der Waals surface area contributed by atoms with Crippen LogP contribution in [-0.2, 0) is 24.0 Å². The maximum Gasteiger partial charge on any atom is 0.243 e. The quantitative estimate of drug-likeness (QED) is 0.180. The molecule has 4 amide bonds. The molecular formula is C19H33BN3O5PS. The highest BCUT2D eigenvalue weighted by Crippen LogP contribution is 2.23. The maximum atomic E-state index is 12.4. The summed E-state index contributed by atoms with van der Waals surface area (Å²) in [6.45, 7) is 5.71. The molecule has 0 spiro atoms. The molecule has 0 aliphatic carbocycles. The molecule has 8 nitrogen and oxygen atoms in total. The monoisotopic (exact) mass is 457 g/mol. The van der Waals surface area contributed by atoms with Gasteiger partial charge >= 0.3 is 0 Å². The zero-order valence-electron chi connectivity index (χ0n) is 18.4. The second-order valence-electron chi connectivity index (χ2n) is 7.76. The van der Waals surface area contributed by atoms with Crippen LogP contribution in [0.5, 0.6) is 0 Å². The first-order valence-electron chi connectivity index (χ1n) is 10.3. The second-order valence-corrected chi connectivity index (χ2v) is 9.79.